The lowest BCUT2D eigenvalue weighted by molar-refractivity contribution is 1.18. The van der Waals surface area contributed by atoms with Gasteiger partial charge in [-0.15, -0.1) is 11.3 Å². The Morgan fingerprint density at radius 2 is 1.04 bits per heavy atom. The lowest BCUT2D eigenvalue weighted by atomic mass is 9.97. The van der Waals surface area contributed by atoms with Crippen LogP contribution in [0.4, 0.5) is 11.4 Å². The van der Waals surface area contributed by atoms with Crippen LogP contribution in [0.15, 0.2) is 188 Å². The molecule has 0 saturated carbocycles. The fourth-order valence-corrected chi connectivity index (χ4v) is 8.82. The molecule has 8 aromatic carbocycles. The number of nitrogens with zero attached hydrogens (tertiary/aromatic N) is 1. The van der Waals surface area contributed by atoms with Gasteiger partial charge in [-0.25, -0.2) is 0 Å². The monoisotopic (exact) mass is 668 g/mol. The molecule has 240 valence electrons. The number of hydrogen-bond donors (Lipinski definition) is 1. The smallest absolute Gasteiger partial charge is 0.0547 e. The molecule has 2 heterocycles. The van der Waals surface area contributed by atoms with Crippen molar-refractivity contribution in [2.75, 3.05) is 5.32 Å². The average Bonchev–Trinajstić information content (AvgIpc) is 3.74. The summed E-state index contributed by atoms with van der Waals surface area (Å²) in [5, 5.41) is 8.78. The molecule has 10 aromatic rings. The van der Waals surface area contributed by atoms with Crippen LogP contribution in [0.2, 0.25) is 0 Å². The maximum absolute atomic E-state index is 3.61. The van der Waals surface area contributed by atoms with Crippen LogP contribution in [0.25, 0.3) is 81.0 Å². The van der Waals surface area contributed by atoms with Crippen molar-refractivity contribution in [1.29, 1.82) is 0 Å². The Balaban J connectivity index is 1.05. The minimum Gasteiger partial charge on any atom is -0.355 e. The van der Waals surface area contributed by atoms with E-state index in [0.29, 0.717) is 0 Å². The molecule has 10 rings (SSSR count). The molecule has 0 atom stereocenters. The molecule has 1 N–H and O–H groups in total. The van der Waals surface area contributed by atoms with E-state index < -0.39 is 0 Å². The Labute approximate surface area is 300 Å². The van der Waals surface area contributed by atoms with E-state index in [-0.39, 0.29) is 0 Å². The third-order valence-corrected chi connectivity index (χ3v) is 11.2. The highest BCUT2D eigenvalue weighted by atomic mass is 32.1. The summed E-state index contributed by atoms with van der Waals surface area (Å²) in [6.07, 6.45) is 0. The molecule has 2 aromatic heterocycles. The summed E-state index contributed by atoms with van der Waals surface area (Å²) in [5.74, 6) is 0. The second-order valence-corrected chi connectivity index (χ2v) is 14.1. The highest BCUT2D eigenvalue weighted by Crippen LogP contribution is 2.42. The Kier molecular flexibility index (Phi) is 7.04. The Hall–Kier alpha value is -6.42. The average molecular weight is 669 g/mol. The molecule has 0 spiro atoms. The van der Waals surface area contributed by atoms with E-state index in [0.717, 1.165) is 17.1 Å². The summed E-state index contributed by atoms with van der Waals surface area (Å²) in [4.78, 5) is 0. The molecule has 0 radical (unpaired) electrons. The number of anilines is 2. The largest absolute Gasteiger partial charge is 0.355 e. The van der Waals surface area contributed by atoms with E-state index in [9.17, 15) is 0 Å². The van der Waals surface area contributed by atoms with Crippen LogP contribution in [0.3, 0.4) is 0 Å². The zero-order valence-corrected chi connectivity index (χ0v) is 28.6. The molecular weight excluding hydrogens is 637 g/mol. The van der Waals surface area contributed by atoms with Crippen molar-refractivity contribution in [3.63, 3.8) is 0 Å². The number of fused-ring (bicyclic) bond motifs is 6. The molecule has 0 aliphatic heterocycles. The van der Waals surface area contributed by atoms with Crippen LogP contribution in [-0.2, 0) is 0 Å². The van der Waals surface area contributed by atoms with Gasteiger partial charge in [-0.3, -0.25) is 0 Å². The van der Waals surface area contributed by atoms with Gasteiger partial charge in [0.2, 0.25) is 0 Å². The minimum atomic E-state index is 1.08. The number of para-hydroxylation sites is 3. The summed E-state index contributed by atoms with van der Waals surface area (Å²) in [5.41, 5.74) is 13.0. The number of rotatable bonds is 6. The Bertz CT molecular complexity index is 2880. The maximum Gasteiger partial charge on any atom is 0.0547 e. The highest BCUT2D eigenvalue weighted by molar-refractivity contribution is 7.26. The number of hydrogen-bond acceptors (Lipinski definition) is 2. The molecule has 0 bridgehead atoms. The molecule has 0 amide bonds. The first kappa shape index (κ1) is 29.5. The first-order valence-corrected chi connectivity index (χ1v) is 18.2. The molecular formula is C48H32N2S. The second kappa shape index (κ2) is 12.2. The molecule has 51 heavy (non-hydrogen) atoms. The van der Waals surface area contributed by atoms with Gasteiger partial charge >= 0.3 is 0 Å². The van der Waals surface area contributed by atoms with Gasteiger partial charge in [0, 0.05) is 53.6 Å². The fourth-order valence-electron chi connectivity index (χ4n) is 7.58. The van der Waals surface area contributed by atoms with Crippen LogP contribution >= 0.6 is 11.3 Å². The van der Waals surface area contributed by atoms with Crippen LogP contribution < -0.4 is 5.32 Å². The minimum absolute atomic E-state index is 1.08. The molecule has 0 aliphatic carbocycles. The third-order valence-electron chi connectivity index (χ3n) is 10.0. The molecule has 0 aliphatic rings. The first-order valence-electron chi connectivity index (χ1n) is 17.3. The number of nitrogens with one attached hydrogen (secondary N) is 1. The number of thiophene rings is 1. The summed E-state index contributed by atoms with van der Waals surface area (Å²) >= 11 is 1.88. The first-order chi connectivity index (χ1) is 25.3. The summed E-state index contributed by atoms with van der Waals surface area (Å²) in [6.45, 7) is 0. The van der Waals surface area contributed by atoms with Crippen LogP contribution in [0.5, 0.6) is 0 Å². The Morgan fingerprint density at radius 1 is 0.392 bits per heavy atom. The van der Waals surface area contributed by atoms with Gasteiger partial charge in [0.1, 0.15) is 0 Å². The van der Waals surface area contributed by atoms with Crippen LogP contribution in [0, 0.1) is 0 Å². The highest BCUT2D eigenvalue weighted by Gasteiger charge is 2.16. The summed E-state index contributed by atoms with van der Waals surface area (Å²) < 4.78 is 5.09. The van der Waals surface area contributed by atoms with Gasteiger partial charge in [-0.2, -0.15) is 0 Å². The van der Waals surface area contributed by atoms with E-state index in [2.05, 4.69) is 192 Å². The van der Waals surface area contributed by atoms with Gasteiger partial charge < -0.3 is 9.88 Å². The summed E-state index contributed by atoms with van der Waals surface area (Å²) in [6, 6.07) is 67.9. The molecule has 0 saturated heterocycles. The number of benzene rings is 8. The van der Waals surface area contributed by atoms with Crippen LogP contribution in [-0.4, -0.2) is 4.57 Å². The predicted octanol–water partition coefficient (Wildman–Crippen LogP) is 13.9. The zero-order chi connectivity index (χ0) is 33.7. The maximum atomic E-state index is 3.61. The van der Waals surface area contributed by atoms with Crippen molar-refractivity contribution in [1.82, 2.24) is 4.57 Å². The normalized spacial score (nSPS) is 11.5. The zero-order valence-electron chi connectivity index (χ0n) is 27.8. The lowest BCUT2D eigenvalue weighted by Crippen LogP contribution is -1.94. The van der Waals surface area contributed by atoms with E-state index in [1.807, 2.05) is 17.4 Å². The van der Waals surface area contributed by atoms with Crippen LogP contribution in [0.1, 0.15) is 0 Å². The lowest BCUT2D eigenvalue weighted by Gasteiger charge is -2.14. The van der Waals surface area contributed by atoms with E-state index in [1.54, 1.807) is 0 Å². The van der Waals surface area contributed by atoms with Gasteiger partial charge in [-0.1, -0.05) is 133 Å². The third kappa shape index (κ3) is 5.10. The van der Waals surface area contributed by atoms with E-state index in [4.69, 9.17) is 0 Å². The van der Waals surface area contributed by atoms with Crippen molar-refractivity contribution < 1.29 is 0 Å². The summed E-state index contributed by atoms with van der Waals surface area (Å²) in [7, 11) is 0. The van der Waals surface area contributed by atoms with Crippen molar-refractivity contribution in [2.45, 2.75) is 0 Å². The van der Waals surface area contributed by atoms with E-state index >= 15 is 0 Å². The molecule has 0 fully saturated rings. The predicted molar refractivity (Wildman–Crippen MR) is 220 cm³/mol. The van der Waals surface area contributed by atoms with Crippen molar-refractivity contribution >= 4 is 64.7 Å². The fraction of sp³-hybridized carbons (Fsp3) is 0. The van der Waals surface area contributed by atoms with E-state index in [1.165, 1.54) is 75.4 Å². The molecule has 0 unspecified atom stereocenters. The van der Waals surface area contributed by atoms with Gasteiger partial charge in [0.05, 0.1) is 11.0 Å². The SMILES string of the molecule is c1ccc(Nc2ccccc2-c2cccc(-c3ccc(-n4c5ccccc5c5ccc(-c6cccc7c6sc6ccccc67)cc54)cc3)c2)cc1. The quantitative estimate of drug-likeness (QED) is 0.187. The van der Waals surface area contributed by atoms with Gasteiger partial charge in [-0.05, 0) is 82.4 Å². The molecule has 3 heteroatoms. The standard InChI is InChI=1S/C48H32N2S/c1-2-14-36(15-3-1)49-44-21-7-4-16-38(44)34-13-10-12-33(30-34)32-24-27-37(28-25-32)50-45-22-8-5-17-40(45)41-29-26-35(31-46(41)50)39-19-11-20-43-42-18-6-9-23-47(42)51-48(39)43/h1-31,49H. The van der Waals surface area contributed by atoms with Gasteiger partial charge in [0.15, 0.2) is 0 Å². The topological polar surface area (TPSA) is 17.0 Å². The van der Waals surface area contributed by atoms with Gasteiger partial charge in [0.25, 0.3) is 0 Å². The van der Waals surface area contributed by atoms with Crippen molar-refractivity contribution in [2.24, 2.45) is 0 Å². The second-order valence-electron chi connectivity index (χ2n) is 13.0. The molecule has 2 nitrogen and oxygen atoms in total. The Morgan fingerprint density at radius 3 is 1.94 bits per heavy atom. The van der Waals surface area contributed by atoms with Crippen molar-refractivity contribution in [3.05, 3.63) is 188 Å². The number of aromatic nitrogens is 1. The van der Waals surface area contributed by atoms with Crippen molar-refractivity contribution in [3.8, 4) is 39.1 Å².